The van der Waals surface area contributed by atoms with Gasteiger partial charge in [-0.25, -0.2) is 0 Å². The van der Waals surface area contributed by atoms with E-state index in [4.69, 9.17) is 13.9 Å². The lowest BCUT2D eigenvalue weighted by Crippen LogP contribution is -2.02. The zero-order chi connectivity index (χ0) is 18.4. The molecule has 0 aliphatic carbocycles. The van der Waals surface area contributed by atoms with Crippen LogP contribution in [0.3, 0.4) is 0 Å². The Balaban J connectivity index is 1.60. The fraction of sp³-hybridized carbons (Fsp3) is 0.211. The van der Waals surface area contributed by atoms with Gasteiger partial charge < -0.3 is 13.9 Å². The third-order valence-electron chi connectivity index (χ3n) is 3.56. The van der Waals surface area contributed by atoms with E-state index < -0.39 is 0 Å². The molecule has 1 heterocycles. The molecule has 3 rings (SSSR count). The van der Waals surface area contributed by atoms with E-state index in [1.807, 2.05) is 31.2 Å². The maximum atomic E-state index is 12.2. The van der Waals surface area contributed by atoms with Crippen molar-refractivity contribution in [1.82, 2.24) is 10.2 Å². The second-order valence-electron chi connectivity index (χ2n) is 5.27. The Morgan fingerprint density at radius 3 is 2.38 bits per heavy atom. The SMILES string of the molecule is CCOc1ccc(-c2nnc(SCC(=O)c3ccc(OC)cc3)o2)cc1. The number of methoxy groups -OCH3 is 1. The van der Waals surface area contributed by atoms with E-state index >= 15 is 0 Å². The molecule has 7 heteroatoms. The molecule has 0 saturated carbocycles. The zero-order valence-electron chi connectivity index (χ0n) is 14.5. The lowest BCUT2D eigenvalue weighted by atomic mass is 10.1. The molecule has 0 bridgehead atoms. The van der Waals surface area contributed by atoms with Crippen LogP contribution in [0, 0.1) is 0 Å². The van der Waals surface area contributed by atoms with Crippen molar-refractivity contribution in [3.05, 3.63) is 54.1 Å². The van der Waals surface area contributed by atoms with Crippen molar-refractivity contribution in [2.75, 3.05) is 19.5 Å². The lowest BCUT2D eigenvalue weighted by Gasteiger charge is -2.02. The second-order valence-corrected chi connectivity index (χ2v) is 6.20. The van der Waals surface area contributed by atoms with E-state index in [2.05, 4.69) is 10.2 Å². The van der Waals surface area contributed by atoms with E-state index in [-0.39, 0.29) is 11.5 Å². The normalized spacial score (nSPS) is 10.5. The summed E-state index contributed by atoms with van der Waals surface area (Å²) >= 11 is 1.21. The Labute approximate surface area is 155 Å². The first-order chi connectivity index (χ1) is 12.7. The Bertz CT molecular complexity index is 860. The van der Waals surface area contributed by atoms with Crippen molar-refractivity contribution < 1.29 is 18.7 Å². The monoisotopic (exact) mass is 370 g/mol. The summed E-state index contributed by atoms with van der Waals surface area (Å²) in [6, 6.07) is 14.4. The van der Waals surface area contributed by atoms with Crippen molar-refractivity contribution in [2.45, 2.75) is 12.1 Å². The van der Waals surface area contributed by atoms with Crippen molar-refractivity contribution in [2.24, 2.45) is 0 Å². The van der Waals surface area contributed by atoms with Gasteiger partial charge in [-0.3, -0.25) is 4.79 Å². The largest absolute Gasteiger partial charge is 0.497 e. The molecule has 0 radical (unpaired) electrons. The highest BCUT2D eigenvalue weighted by atomic mass is 32.2. The van der Waals surface area contributed by atoms with Crippen molar-refractivity contribution in [1.29, 1.82) is 0 Å². The second kappa shape index (κ2) is 8.53. The van der Waals surface area contributed by atoms with Gasteiger partial charge in [0, 0.05) is 11.1 Å². The molecule has 0 spiro atoms. The molecule has 134 valence electrons. The lowest BCUT2D eigenvalue weighted by molar-refractivity contribution is 0.102. The summed E-state index contributed by atoms with van der Waals surface area (Å²) in [5.74, 6) is 2.12. The van der Waals surface area contributed by atoms with E-state index in [1.165, 1.54) is 11.8 Å². The van der Waals surface area contributed by atoms with Crippen molar-refractivity contribution >= 4 is 17.5 Å². The first-order valence-electron chi connectivity index (χ1n) is 8.06. The van der Waals surface area contributed by atoms with Crippen LogP contribution in [0.15, 0.2) is 58.2 Å². The molecule has 0 saturated heterocycles. The van der Waals surface area contributed by atoms with Crippen LogP contribution >= 0.6 is 11.8 Å². The third-order valence-corrected chi connectivity index (χ3v) is 4.38. The number of hydrogen-bond acceptors (Lipinski definition) is 7. The molecule has 0 amide bonds. The number of hydrogen-bond donors (Lipinski definition) is 0. The summed E-state index contributed by atoms with van der Waals surface area (Å²) in [5, 5.41) is 8.37. The molecule has 1 aromatic heterocycles. The van der Waals surface area contributed by atoms with E-state index in [0.29, 0.717) is 29.0 Å². The van der Waals surface area contributed by atoms with Gasteiger partial charge in [0.25, 0.3) is 5.22 Å². The van der Waals surface area contributed by atoms with Gasteiger partial charge in [0.1, 0.15) is 11.5 Å². The minimum atomic E-state index is -0.0153. The molecule has 0 unspecified atom stereocenters. The first kappa shape index (κ1) is 18.0. The first-order valence-corrected chi connectivity index (χ1v) is 9.05. The highest BCUT2D eigenvalue weighted by molar-refractivity contribution is 7.99. The maximum absolute atomic E-state index is 12.2. The van der Waals surface area contributed by atoms with Gasteiger partial charge in [-0.2, -0.15) is 0 Å². The molecule has 0 aliphatic rings. The molecule has 26 heavy (non-hydrogen) atoms. The summed E-state index contributed by atoms with van der Waals surface area (Å²) in [5.41, 5.74) is 1.42. The van der Waals surface area contributed by atoms with Gasteiger partial charge in [0.15, 0.2) is 5.78 Å². The summed E-state index contributed by atoms with van der Waals surface area (Å²) in [6.45, 7) is 2.55. The van der Waals surface area contributed by atoms with Crippen LogP contribution in [0.5, 0.6) is 11.5 Å². The summed E-state index contributed by atoms with van der Waals surface area (Å²) in [4.78, 5) is 12.2. The van der Waals surface area contributed by atoms with Gasteiger partial charge >= 0.3 is 0 Å². The van der Waals surface area contributed by atoms with Crippen LogP contribution in [0.4, 0.5) is 0 Å². The van der Waals surface area contributed by atoms with Crippen LogP contribution in [-0.4, -0.2) is 35.5 Å². The number of carbonyl (C=O) groups is 1. The predicted octanol–water partition coefficient (Wildman–Crippen LogP) is 4.12. The molecule has 0 N–H and O–H groups in total. The van der Waals surface area contributed by atoms with Crippen molar-refractivity contribution in [3.63, 3.8) is 0 Å². The highest BCUT2D eigenvalue weighted by Crippen LogP contribution is 2.25. The number of thioether (sulfide) groups is 1. The fourth-order valence-electron chi connectivity index (χ4n) is 2.23. The van der Waals surface area contributed by atoms with Crippen LogP contribution in [0.25, 0.3) is 11.5 Å². The number of ketones is 1. The van der Waals surface area contributed by atoms with Gasteiger partial charge in [-0.1, -0.05) is 11.8 Å². The Kier molecular flexibility index (Phi) is 5.91. The smallest absolute Gasteiger partial charge is 0.277 e. The fourth-order valence-corrected chi connectivity index (χ4v) is 2.89. The Morgan fingerprint density at radius 2 is 1.73 bits per heavy atom. The molecular formula is C19H18N2O4S. The van der Waals surface area contributed by atoms with Crippen LogP contribution in [-0.2, 0) is 0 Å². The predicted molar refractivity (Wildman–Crippen MR) is 99.0 cm³/mol. The van der Waals surface area contributed by atoms with E-state index in [0.717, 1.165) is 11.3 Å². The minimum Gasteiger partial charge on any atom is -0.497 e. The zero-order valence-corrected chi connectivity index (χ0v) is 15.3. The average molecular weight is 370 g/mol. The van der Waals surface area contributed by atoms with Crippen LogP contribution in [0.1, 0.15) is 17.3 Å². The average Bonchev–Trinajstić information content (AvgIpc) is 3.16. The summed E-state index contributed by atoms with van der Waals surface area (Å²) in [7, 11) is 1.59. The van der Waals surface area contributed by atoms with Gasteiger partial charge in [0.2, 0.25) is 5.89 Å². The van der Waals surface area contributed by atoms with E-state index in [1.54, 1.807) is 31.4 Å². The summed E-state index contributed by atoms with van der Waals surface area (Å²) in [6.07, 6.45) is 0. The number of rotatable bonds is 8. The van der Waals surface area contributed by atoms with Gasteiger partial charge in [-0.15, -0.1) is 10.2 Å². The quantitative estimate of drug-likeness (QED) is 0.436. The number of Topliss-reactive ketones (excluding diaryl/α,β-unsaturated/α-hetero) is 1. The van der Waals surface area contributed by atoms with E-state index in [9.17, 15) is 4.79 Å². The van der Waals surface area contributed by atoms with Crippen molar-refractivity contribution in [3.8, 4) is 23.0 Å². The number of nitrogens with zero attached hydrogens (tertiary/aromatic N) is 2. The summed E-state index contributed by atoms with van der Waals surface area (Å²) < 4.78 is 16.1. The third kappa shape index (κ3) is 4.43. The molecular weight excluding hydrogens is 352 g/mol. The Morgan fingerprint density at radius 1 is 1.04 bits per heavy atom. The van der Waals surface area contributed by atoms with Crippen LogP contribution < -0.4 is 9.47 Å². The number of carbonyl (C=O) groups excluding carboxylic acids is 1. The number of benzene rings is 2. The van der Waals surface area contributed by atoms with Crippen LogP contribution in [0.2, 0.25) is 0 Å². The maximum Gasteiger partial charge on any atom is 0.277 e. The van der Waals surface area contributed by atoms with Gasteiger partial charge in [0.05, 0.1) is 19.5 Å². The topological polar surface area (TPSA) is 74.5 Å². The molecule has 2 aromatic carbocycles. The molecule has 3 aromatic rings. The number of ether oxygens (including phenoxy) is 2. The standard InChI is InChI=1S/C19H18N2O4S/c1-3-24-16-10-6-14(7-11-16)18-20-21-19(25-18)26-12-17(22)13-4-8-15(23-2)9-5-13/h4-11H,3,12H2,1-2H3. The molecule has 0 atom stereocenters. The number of aromatic nitrogens is 2. The minimum absolute atomic E-state index is 0.0153. The molecule has 0 fully saturated rings. The molecule has 6 nitrogen and oxygen atoms in total. The highest BCUT2D eigenvalue weighted by Gasteiger charge is 2.12. The van der Waals surface area contributed by atoms with Gasteiger partial charge in [-0.05, 0) is 55.5 Å². The molecule has 0 aliphatic heterocycles. The Hall–Kier alpha value is -2.80.